The third kappa shape index (κ3) is 19.2. The number of hydrogen-bond acceptors (Lipinski definition) is 6. The van der Waals surface area contributed by atoms with Crippen molar-refractivity contribution in [1.82, 2.24) is 0 Å². The van der Waals surface area contributed by atoms with E-state index in [0.29, 0.717) is 19.8 Å². The average molecular weight is 292 g/mol. The molecule has 1 unspecified atom stereocenters. The van der Waals surface area contributed by atoms with Gasteiger partial charge in [-0.2, -0.15) is 0 Å². The van der Waals surface area contributed by atoms with Gasteiger partial charge in [0.25, 0.3) is 0 Å². The smallest absolute Gasteiger partial charge is 0.332 e. The highest BCUT2D eigenvalue weighted by Crippen LogP contribution is 1.94. The minimum Gasteiger partial charge on any atom is -0.464 e. The van der Waals surface area contributed by atoms with E-state index in [2.05, 4.69) is 4.74 Å². The summed E-state index contributed by atoms with van der Waals surface area (Å²) in [5.41, 5.74) is 0. The number of carbonyl (C=O) groups excluding carboxylic acids is 2. The lowest BCUT2D eigenvalue weighted by Gasteiger charge is -2.11. The van der Waals surface area contributed by atoms with Crippen molar-refractivity contribution in [3.63, 3.8) is 0 Å². The van der Waals surface area contributed by atoms with Crippen molar-refractivity contribution in [1.29, 1.82) is 0 Å². The van der Waals surface area contributed by atoms with Crippen molar-refractivity contribution in [2.75, 3.05) is 26.4 Å². The van der Waals surface area contributed by atoms with E-state index in [1.54, 1.807) is 13.8 Å². The van der Waals surface area contributed by atoms with Crippen molar-refractivity contribution in [3.8, 4) is 0 Å². The summed E-state index contributed by atoms with van der Waals surface area (Å²) in [5, 5.41) is 0. The van der Waals surface area contributed by atoms with Gasteiger partial charge in [-0.05, 0) is 26.7 Å². The van der Waals surface area contributed by atoms with E-state index < -0.39 is 6.29 Å². The zero-order chi connectivity index (χ0) is 15.8. The third-order valence-corrected chi connectivity index (χ3v) is 1.76. The lowest BCUT2D eigenvalue weighted by molar-refractivity contribution is -0.172. The molecule has 0 rings (SSSR count). The van der Waals surface area contributed by atoms with Gasteiger partial charge in [0.15, 0.2) is 6.29 Å². The molecule has 6 nitrogen and oxygen atoms in total. The Morgan fingerprint density at radius 2 is 1.65 bits per heavy atom. The molecular weight excluding hydrogens is 264 g/mol. The molecule has 0 fully saturated rings. The average Bonchev–Trinajstić information content (AvgIpc) is 2.37. The second kappa shape index (κ2) is 15.9. The number of carbonyl (C=O) groups is 2. The lowest BCUT2D eigenvalue weighted by atomic mass is 10.5. The zero-order valence-electron chi connectivity index (χ0n) is 13.3. The van der Waals surface area contributed by atoms with Crippen LogP contribution in [0.25, 0.3) is 0 Å². The van der Waals surface area contributed by atoms with Crippen LogP contribution in [0.3, 0.4) is 0 Å². The van der Waals surface area contributed by atoms with Gasteiger partial charge in [0.2, 0.25) is 0 Å². The van der Waals surface area contributed by atoms with Crippen molar-refractivity contribution < 1.29 is 28.5 Å². The minimum atomic E-state index is -0.405. The monoisotopic (exact) mass is 292 g/mol. The number of rotatable bonds is 9. The Morgan fingerprint density at radius 3 is 2.10 bits per heavy atom. The topological polar surface area (TPSA) is 71.1 Å². The molecule has 0 saturated heterocycles. The van der Waals surface area contributed by atoms with E-state index in [-0.39, 0.29) is 18.5 Å². The third-order valence-electron chi connectivity index (χ3n) is 1.76. The van der Waals surface area contributed by atoms with Crippen molar-refractivity contribution in [2.45, 2.75) is 53.8 Å². The first kappa shape index (κ1) is 21.2. The van der Waals surface area contributed by atoms with E-state index in [1.807, 2.05) is 13.8 Å². The van der Waals surface area contributed by atoms with Gasteiger partial charge in [-0.25, -0.2) is 4.79 Å². The molecule has 0 spiro atoms. The van der Waals surface area contributed by atoms with Crippen LogP contribution in [0.4, 0.5) is 0 Å². The molecule has 0 aromatic rings. The Balaban J connectivity index is 0. The molecule has 0 bridgehead atoms. The van der Waals surface area contributed by atoms with E-state index in [9.17, 15) is 9.59 Å². The van der Waals surface area contributed by atoms with Crippen LogP contribution in [0.2, 0.25) is 0 Å². The molecule has 0 aromatic heterocycles. The molecule has 0 aliphatic heterocycles. The normalized spacial score (nSPS) is 11.1. The fraction of sp³-hybridized carbons (Fsp3) is 0.857. The van der Waals surface area contributed by atoms with E-state index >= 15 is 0 Å². The molecule has 0 heterocycles. The van der Waals surface area contributed by atoms with Crippen molar-refractivity contribution in [3.05, 3.63) is 0 Å². The molecule has 0 aliphatic rings. The molecule has 0 N–H and O–H groups in total. The van der Waals surface area contributed by atoms with Gasteiger partial charge < -0.3 is 18.9 Å². The lowest BCUT2D eigenvalue weighted by Crippen LogP contribution is -2.16. The number of esters is 2. The predicted molar refractivity (Wildman–Crippen MR) is 75.2 cm³/mol. The van der Waals surface area contributed by atoms with Gasteiger partial charge in [-0.3, -0.25) is 4.79 Å². The van der Waals surface area contributed by atoms with Crippen LogP contribution in [-0.2, 0) is 28.5 Å². The van der Waals surface area contributed by atoms with Crippen LogP contribution >= 0.6 is 0 Å². The van der Waals surface area contributed by atoms with E-state index in [1.165, 1.54) is 6.92 Å². The van der Waals surface area contributed by atoms with Crippen LogP contribution in [-0.4, -0.2) is 44.7 Å². The zero-order valence-corrected chi connectivity index (χ0v) is 13.3. The summed E-state index contributed by atoms with van der Waals surface area (Å²) in [7, 11) is 0. The second-order valence-electron chi connectivity index (χ2n) is 3.91. The van der Waals surface area contributed by atoms with Gasteiger partial charge in [-0.15, -0.1) is 0 Å². The summed E-state index contributed by atoms with van der Waals surface area (Å²) in [5.74, 6) is -0.584. The maximum Gasteiger partial charge on any atom is 0.332 e. The summed E-state index contributed by atoms with van der Waals surface area (Å²) in [4.78, 5) is 20.9. The van der Waals surface area contributed by atoms with Gasteiger partial charge in [0.05, 0.1) is 13.2 Å². The molecule has 0 saturated carbocycles. The quantitative estimate of drug-likeness (QED) is 0.369. The first-order valence-electron chi connectivity index (χ1n) is 6.99. The fourth-order valence-electron chi connectivity index (χ4n) is 1.05. The molecule has 0 radical (unpaired) electrons. The predicted octanol–water partition coefficient (Wildman–Crippen LogP) is 2.30. The second-order valence-corrected chi connectivity index (χ2v) is 3.91. The first-order chi connectivity index (χ1) is 9.47. The summed E-state index contributed by atoms with van der Waals surface area (Å²) >= 11 is 0. The number of hydrogen-bond donors (Lipinski definition) is 0. The van der Waals surface area contributed by atoms with Crippen LogP contribution in [0.15, 0.2) is 0 Å². The van der Waals surface area contributed by atoms with Crippen LogP contribution in [0.1, 0.15) is 47.5 Å². The summed E-state index contributed by atoms with van der Waals surface area (Å²) in [6.07, 6.45) is 1.46. The highest BCUT2D eigenvalue weighted by atomic mass is 16.7. The molecule has 0 amide bonds. The van der Waals surface area contributed by atoms with Gasteiger partial charge in [0, 0.05) is 13.5 Å². The Kier molecular flexibility index (Phi) is 16.8. The van der Waals surface area contributed by atoms with Crippen molar-refractivity contribution in [2.24, 2.45) is 0 Å². The molecule has 1 atom stereocenters. The Bertz CT molecular complexity index is 242. The first-order valence-corrected chi connectivity index (χ1v) is 6.99. The Morgan fingerprint density at radius 1 is 1.05 bits per heavy atom. The highest BCUT2D eigenvalue weighted by Gasteiger charge is 2.02. The van der Waals surface area contributed by atoms with Gasteiger partial charge >= 0.3 is 11.9 Å². The van der Waals surface area contributed by atoms with Gasteiger partial charge in [-0.1, -0.05) is 13.8 Å². The van der Waals surface area contributed by atoms with Gasteiger partial charge in [0.1, 0.15) is 6.61 Å². The summed E-state index contributed by atoms with van der Waals surface area (Å²) in [6.45, 7) is 10.6. The largest absolute Gasteiger partial charge is 0.464 e. The molecule has 6 heteroatoms. The number of ether oxygens (including phenoxy) is 4. The molecule has 120 valence electrons. The Hall–Kier alpha value is -1.14. The van der Waals surface area contributed by atoms with Crippen LogP contribution < -0.4 is 0 Å². The fourth-order valence-corrected chi connectivity index (χ4v) is 1.05. The maximum absolute atomic E-state index is 10.6. The summed E-state index contributed by atoms with van der Waals surface area (Å²) in [6, 6.07) is 0. The van der Waals surface area contributed by atoms with E-state index in [0.717, 1.165) is 12.8 Å². The maximum atomic E-state index is 10.6. The molecular formula is C14H28O6. The Labute approximate surface area is 121 Å². The summed E-state index contributed by atoms with van der Waals surface area (Å²) < 4.78 is 19.3. The molecule has 20 heavy (non-hydrogen) atoms. The highest BCUT2D eigenvalue weighted by molar-refractivity contribution is 5.70. The van der Waals surface area contributed by atoms with Crippen LogP contribution in [0, 0.1) is 0 Å². The SMILES string of the molecule is CCCOC(C)OC(C)=O.CCCOCC(=O)OCC. The van der Waals surface area contributed by atoms with Crippen LogP contribution in [0.5, 0.6) is 0 Å². The minimum absolute atomic E-state index is 0.0850. The molecule has 0 aromatic carbocycles. The van der Waals surface area contributed by atoms with Crippen molar-refractivity contribution >= 4 is 11.9 Å². The molecule has 0 aliphatic carbocycles. The standard InChI is InChI=1S/2C7H14O3/c1-4-5-9-7(3)10-6(2)8;1-3-5-9-6-7(8)10-4-2/h7H,4-5H2,1-3H3;3-6H2,1-2H3. The van der Waals surface area contributed by atoms with E-state index in [4.69, 9.17) is 14.2 Å².